The van der Waals surface area contributed by atoms with Gasteiger partial charge in [-0.3, -0.25) is 0 Å². The van der Waals surface area contributed by atoms with E-state index in [2.05, 4.69) is 0 Å². The van der Waals surface area contributed by atoms with E-state index >= 15 is 0 Å². The number of ether oxygens (including phenoxy) is 5. The minimum Gasteiger partial charge on any atom is -0.479 e. The Balaban J connectivity index is 2.23. The summed E-state index contributed by atoms with van der Waals surface area (Å²) in [6.45, 7) is 1.62. The van der Waals surface area contributed by atoms with Crippen molar-refractivity contribution in [3.8, 4) is 0 Å². The quantitative estimate of drug-likeness (QED) is 0.240. The molecule has 0 bridgehead atoms. The molecule has 13 heteroatoms. The molecule has 10 atom stereocenters. The summed E-state index contributed by atoms with van der Waals surface area (Å²) in [5, 5.41) is 59.1. The first kappa shape index (κ1) is 22.9. The van der Waals surface area contributed by atoms with Crippen LogP contribution in [-0.2, 0) is 33.3 Å². The zero-order valence-corrected chi connectivity index (χ0v) is 15.0. The van der Waals surface area contributed by atoms with Gasteiger partial charge in [-0.1, -0.05) is 0 Å². The molecule has 0 amide bonds. The number of carbonyl (C=O) groups is 2. The van der Waals surface area contributed by atoms with E-state index in [1.54, 1.807) is 6.92 Å². The minimum absolute atomic E-state index is 0.0572. The Morgan fingerprint density at radius 1 is 0.821 bits per heavy atom. The van der Waals surface area contributed by atoms with Crippen molar-refractivity contribution in [1.82, 2.24) is 0 Å². The Hall–Kier alpha value is -1.42. The fourth-order valence-electron chi connectivity index (χ4n) is 3.06. The summed E-state index contributed by atoms with van der Waals surface area (Å²) in [6, 6.07) is 0. The van der Waals surface area contributed by atoms with Gasteiger partial charge >= 0.3 is 11.9 Å². The van der Waals surface area contributed by atoms with Crippen LogP contribution in [-0.4, -0.2) is 118 Å². The molecule has 2 fully saturated rings. The number of aliphatic hydroxyl groups is 4. The van der Waals surface area contributed by atoms with E-state index in [-0.39, 0.29) is 6.61 Å². The van der Waals surface area contributed by atoms with E-state index in [0.29, 0.717) is 0 Å². The van der Waals surface area contributed by atoms with Crippen molar-refractivity contribution in [3.63, 3.8) is 0 Å². The van der Waals surface area contributed by atoms with Crippen LogP contribution in [0.25, 0.3) is 0 Å². The number of carboxylic acid groups (broad SMARTS) is 2. The molecule has 13 nitrogen and oxygen atoms in total. The fraction of sp³-hybridized carbons (Fsp3) is 0.867. The van der Waals surface area contributed by atoms with E-state index in [1.807, 2.05) is 0 Å². The average molecular weight is 412 g/mol. The van der Waals surface area contributed by atoms with Gasteiger partial charge in [0.2, 0.25) is 0 Å². The first-order valence-corrected chi connectivity index (χ1v) is 8.42. The van der Waals surface area contributed by atoms with Crippen LogP contribution in [0.5, 0.6) is 0 Å². The molecule has 4 unspecified atom stereocenters. The number of aliphatic carboxylic acids is 2. The van der Waals surface area contributed by atoms with Gasteiger partial charge in [-0.05, 0) is 6.92 Å². The molecule has 2 rings (SSSR count). The largest absolute Gasteiger partial charge is 0.479 e. The molecular weight excluding hydrogens is 388 g/mol. The zero-order chi connectivity index (χ0) is 21.2. The van der Waals surface area contributed by atoms with Crippen molar-refractivity contribution in [2.45, 2.75) is 68.3 Å². The number of aliphatic hydroxyl groups excluding tert-OH is 4. The second-order valence-corrected chi connectivity index (χ2v) is 6.25. The summed E-state index contributed by atoms with van der Waals surface area (Å²) in [5.74, 6) is -3.10. The van der Waals surface area contributed by atoms with Gasteiger partial charge in [-0.2, -0.15) is 0 Å². The first-order chi connectivity index (χ1) is 13.1. The third-order valence-electron chi connectivity index (χ3n) is 4.47. The maximum absolute atomic E-state index is 11.5. The van der Waals surface area contributed by atoms with Crippen molar-refractivity contribution in [2.24, 2.45) is 0 Å². The van der Waals surface area contributed by atoms with E-state index in [4.69, 9.17) is 23.7 Å². The van der Waals surface area contributed by atoms with Gasteiger partial charge in [0.1, 0.15) is 36.6 Å². The highest BCUT2D eigenvalue weighted by Crippen LogP contribution is 2.30. The monoisotopic (exact) mass is 412 g/mol. The van der Waals surface area contributed by atoms with E-state index in [0.717, 1.165) is 7.11 Å². The molecule has 0 radical (unpaired) electrons. The van der Waals surface area contributed by atoms with Gasteiger partial charge in [0.15, 0.2) is 24.8 Å². The fourth-order valence-corrected chi connectivity index (χ4v) is 3.06. The molecule has 2 aliphatic rings. The van der Waals surface area contributed by atoms with E-state index < -0.39 is 73.4 Å². The molecule has 2 heterocycles. The lowest BCUT2D eigenvalue weighted by Gasteiger charge is -2.45. The highest BCUT2D eigenvalue weighted by molar-refractivity contribution is 5.74. The van der Waals surface area contributed by atoms with Gasteiger partial charge in [-0.15, -0.1) is 0 Å². The number of carboxylic acids is 2. The summed E-state index contributed by atoms with van der Waals surface area (Å²) in [6.07, 6.45) is -17.2. The topological polar surface area (TPSA) is 202 Å². The second-order valence-electron chi connectivity index (χ2n) is 6.25. The smallest absolute Gasteiger partial charge is 0.335 e. The standard InChI is InChI=1S/C15H24O13/c1-3-25-14-6(18)5(17)9(11(27-14)13(22)23)26-15-7(19)4(16)8(24-2)10(28-15)12(20)21/h4-11,14-19H,3H2,1-2H3,(H,20,21)(H,22,23)/t4-,5-,6?,7?,8+,9-,10?,11?,14+,15+/m0/s1. The van der Waals surface area contributed by atoms with Gasteiger partial charge in [-0.25, -0.2) is 9.59 Å². The van der Waals surface area contributed by atoms with Gasteiger partial charge < -0.3 is 54.3 Å². The Morgan fingerprint density at radius 2 is 1.29 bits per heavy atom. The molecule has 162 valence electrons. The molecule has 28 heavy (non-hydrogen) atoms. The van der Waals surface area contributed by atoms with Gasteiger partial charge in [0.05, 0.1) is 0 Å². The zero-order valence-electron chi connectivity index (χ0n) is 15.0. The Kier molecular flexibility index (Phi) is 7.66. The van der Waals surface area contributed by atoms with Crippen molar-refractivity contribution >= 4 is 11.9 Å². The lowest BCUT2D eigenvalue weighted by molar-refractivity contribution is -0.351. The van der Waals surface area contributed by atoms with Gasteiger partial charge in [0.25, 0.3) is 0 Å². The third kappa shape index (κ3) is 4.42. The van der Waals surface area contributed by atoms with Crippen LogP contribution < -0.4 is 0 Å². The molecule has 0 aliphatic carbocycles. The molecule has 0 spiro atoms. The third-order valence-corrected chi connectivity index (χ3v) is 4.47. The summed E-state index contributed by atoms with van der Waals surface area (Å²) in [5.41, 5.74) is 0. The maximum Gasteiger partial charge on any atom is 0.335 e. The molecule has 0 aromatic heterocycles. The first-order valence-electron chi connectivity index (χ1n) is 8.42. The number of hydrogen-bond acceptors (Lipinski definition) is 11. The molecule has 2 aliphatic heterocycles. The predicted octanol–water partition coefficient (Wildman–Crippen LogP) is -3.51. The Morgan fingerprint density at radius 3 is 1.79 bits per heavy atom. The van der Waals surface area contributed by atoms with Crippen molar-refractivity contribution in [1.29, 1.82) is 0 Å². The normalized spacial score (nSPS) is 44.2. The molecule has 0 aromatic carbocycles. The van der Waals surface area contributed by atoms with E-state index in [1.165, 1.54) is 0 Å². The molecule has 0 aromatic rings. The van der Waals surface area contributed by atoms with Crippen LogP contribution in [0.15, 0.2) is 0 Å². The maximum atomic E-state index is 11.5. The van der Waals surface area contributed by atoms with Crippen molar-refractivity contribution < 1.29 is 63.9 Å². The van der Waals surface area contributed by atoms with Crippen LogP contribution in [0, 0.1) is 0 Å². The lowest BCUT2D eigenvalue weighted by atomic mass is 9.96. The Labute approximate surface area is 158 Å². The predicted molar refractivity (Wildman–Crippen MR) is 83.9 cm³/mol. The molecule has 2 saturated heterocycles. The highest BCUT2D eigenvalue weighted by Gasteiger charge is 2.54. The number of rotatable bonds is 7. The Bertz CT molecular complexity index is 556. The van der Waals surface area contributed by atoms with Crippen molar-refractivity contribution in [2.75, 3.05) is 13.7 Å². The SMILES string of the molecule is CCO[C@@H]1OC(C(=O)O)[C@@H](O[C@@H]2OC(C(=O)O)[C@H](OC)[C@@H](O)C2O)[C@@H](O)C1O. The van der Waals surface area contributed by atoms with Crippen LogP contribution in [0.4, 0.5) is 0 Å². The van der Waals surface area contributed by atoms with E-state index in [9.17, 15) is 40.2 Å². The average Bonchev–Trinajstić information content (AvgIpc) is 2.64. The number of methoxy groups -OCH3 is 1. The molecule has 0 saturated carbocycles. The molecular formula is C15H24O13. The van der Waals surface area contributed by atoms with Crippen LogP contribution >= 0.6 is 0 Å². The summed E-state index contributed by atoms with van der Waals surface area (Å²) in [4.78, 5) is 22.8. The minimum atomic E-state index is -1.86. The second kappa shape index (κ2) is 9.39. The van der Waals surface area contributed by atoms with Crippen LogP contribution in [0.3, 0.4) is 0 Å². The van der Waals surface area contributed by atoms with Gasteiger partial charge in [0, 0.05) is 13.7 Å². The molecule has 6 N–H and O–H groups in total. The summed E-state index contributed by atoms with van der Waals surface area (Å²) < 4.78 is 25.3. The van der Waals surface area contributed by atoms with Crippen LogP contribution in [0.1, 0.15) is 6.92 Å². The van der Waals surface area contributed by atoms with Crippen molar-refractivity contribution in [3.05, 3.63) is 0 Å². The highest BCUT2D eigenvalue weighted by atomic mass is 16.7. The van der Waals surface area contributed by atoms with Crippen LogP contribution in [0.2, 0.25) is 0 Å². The lowest BCUT2D eigenvalue weighted by Crippen LogP contribution is -2.66. The summed E-state index contributed by atoms with van der Waals surface area (Å²) >= 11 is 0. The summed E-state index contributed by atoms with van der Waals surface area (Å²) in [7, 11) is 1.10. The number of hydrogen-bond donors (Lipinski definition) is 6.